The van der Waals surface area contributed by atoms with Gasteiger partial charge in [0.25, 0.3) is 0 Å². The molecule has 0 aliphatic heterocycles. The van der Waals surface area contributed by atoms with Crippen molar-refractivity contribution in [2.45, 2.75) is 13.0 Å². The van der Waals surface area contributed by atoms with Crippen LogP contribution in [0, 0.1) is 5.82 Å². The second-order valence-corrected chi connectivity index (χ2v) is 3.07. The standard InChI is InChI=1S/C10H9FN2O2/c11-8-3-1-7(2-4-8)5-10-12-9(6-14)13-15-10/h1-4,14H,5-6H2. The summed E-state index contributed by atoms with van der Waals surface area (Å²) < 4.78 is 17.5. The van der Waals surface area contributed by atoms with Crippen molar-refractivity contribution < 1.29 is 14.0 Å². The number of halogens is 1. The highest BCUT2D eigenvalue weighted by Crippen LogP contribution is 2.08. The molecule has 0 aliphatic carbocycles. The van der Waals surface area contributed by atoms with E-state index in [1.165, 1.54) is 12.1 Å². The largest absolute Gasteiger partial charge is 0.388 e. The van der Waals surface area contributed by atoms with Gasteiger partial charge in [-0.3, -0.25) is 0 Å². The van der Waals surface area contributed by atoms with Crippen molar-refractivity contribution in [3.8, 4) is 0 Å². The summed E-state index contributed by atoms with van der Waals surface area (Å²) in [5.74, 6) is 0.387. The molecule has 0 unspecified atom stereocenters. The van der Waals surface area contributed by atoms with Gasteiger partial charge in [-0.05, 0) is 17.7 Å². The van der Waals surface area contributed by atoms with Crippen LogP contribution in [0.1, 0.15) is 17.3 Å². The molecule has 5 heteroatoms. The van der Waals surface area contributed by atoms with Crippen molar-refractivity contribution >= 4 is 0 Å². The molecule has 2 aromatic rings. The third-order valence-electron chi connectivity index (χ3n) is 1.92. The summed E-state index contributed by atoms with van der Waals surface area (Å²) in [6, 6.07) is 6.05. The van der Waals surface area contributed by atoms with Gasteiger partial charge in [0.15, 0.2) is 5.82 Å². The smallest absolute Gasteiger partial charge is 0.231 e. The van der Waals surface area contributed by atoms with Gasteiger partial charge in [-0.25, -0.2) is 4.39 Å². The molecule has 1 aromatic heterocycles. The van der Waals surface area contributed by atoms with Crippen LogP contribution in [0.5, 0.6) is 0 Å². The summed E-state index contributed by atoms with van der Waals surface area (Å²) in [6.07, 6.45) is 0.438. The van der Waals surface area contributed by atoms with Crippen LogP contribution in [0.4, 0.5) is 4.39 Å². The van der Waals surface area contributed by atoms with Crippen molar-refractivity contribution in [2.75, 3.05) is 0 Å². The highest BCUT2D eigenvalue weighted by atomic mass is 19.1. The van der Waals surface area contributed by atoms with E-state index in [0.29, 0.717) is 12.3 Å². The lowest BCUT2D eigenvalue weighted by molar-refractivity contribution is 0.263. The molecule has 2 rings (SSSR count). The molecular weight excluding hydrogens is 199 g/mol. The molecule has 0 aliphatic rings. The zero-order valence-electron chi connectivity index (χ0n) is 7.85. The van der Waals surface area contributed by atoms with Crippen LogP contribution in [0.15, 0.2) is 28.8 Å². The molecule has 15 heavy (non-hydrogen) atoms. The zero-order chi connectivity index (χ0) is 10.7. The Kier molecular flexibility index (Phi) is 2.73. The highest BCUT2D eigenvalue weighted by Gasteiger charge is 2.05. The summed E-state index contributed by atoms with van der Waals surface area (Å²) in [7, 11) is 0. The molecule has 0 atom stereocenters. The number of hydrogen-bond donors (Lipinski definition) is 1. The Balaban J connectivity index is 2.11. The molecule has 1 heterocycles. The molecule has 0 fully saturated rings. The molecular formula is C10H9FN2O2. The van der Waals surface area contributed by atoms with E-state index in [9.17, 15) is 4.39 Å². The minimum absolute atomic E-state index is 0.243. The maximum atomic E-state index is 12.6. The van der Waals surface area contributed by atoms with E-state index in [2.05, 4.69) is 10.1 Å². The van der Waals surface area contributed by atoms with Crippen molar-refractivity contribution in [1.29, 1.82) is 0 Å². The maximum Gasteiger partial charge on any atom is 0.231 e. The van der Waals surface area contributed by atoms with Crippen molar-refractivity contribution in [3.05, 3.63) is 47.4 Å². The molecule has 1 N–H and O–H groups in total. The number of rotatable bonds is 3. The molecule has 0 spiro atoms. The van der Waals surface area contributed by atoms with E-state index >= 15 is 0 Å². The Morgan fingerprint density at radius 1 is 1.27 bits per heavy atom. The number of aliphatic hydroxyl groups excluding tert-OH is 1. The van der Waals surface area contributed by atoms with E-state index in [1.807, 2.05) is 0 Å². The summed E-state index contributed by atoms with van der Waals surface area (Å²) in [5, 5.41) is 12.3. The Hall–Kier alpha value is -1.75. The zero-order valence-corrected chi connectivity index (χ0v) is 7.85. The summed E-state index contributed by atoms with van der Waals surface area (Å²) in [6.45, 7) is -0.243. The van der Waals surface area contributed by atoms with Gasteiger partial charge in [0.1, 0.15) is 12.4 Å². The Morgan fingerprint density at radius 2 is 2.00 bits per heavy atom. The van der Waals surface area contributed by atoms with E-state index in [4.69, 9.17) is 9.63 Å². The van der Waals surface area contributed by atoms with Gasteiger partial charge in [-0.15, -0.1) is 0 Å². The second-order valence-electron chi connectivity index (χ2n) is 3.07. The predicted molar refractivity (Wildman–Crippen MR) is 49.4 cm³/mol. The first kappa shape index (κ1) is 9.79. The topological polar surface area (TPSA) is 59.2 Å². The van der Waals surface area contributed by atoms with Crippen molar-refractivity contribution in [1.82, 2.24) is 10.1 Å². The number of benzene rings is 1. The Bertz CT molecular complexity index is 439. The Labute approximate surface area is 85.4 Å². The number of aliphatic hydroxyl groups is 1. The SMILES string of the molecule is OCc1noc(Cc2ccc(F)cc2)n1. The molecule has 0 saturated carbocycles. The molecule has 78 valence electrons. The first-order valence-corrected chi connectivity index (χ1v) is 4.44. The van der Waals surface area contributed by atoms with Gasteiger partial charge in [-0.1, -0.05) is 17.3 Å². The third kappa shape index (κ3) is 2.38. The summed E-state index contributed by atoms with van der Waals surface area (Å²) in [4.78, 5) is 3.92. The number of nitrogens with zero attached hydrogens (tertiary/aromatic N) is 2. The Morgan fingerprint density at radius 3 is 2.60 bits per heavy atom. The molecule has 0 radical (unpaired) electrons. The van der Waals surface area contributed by atoms with E-state index in [1.54, 1.807) is 12.1 Å². The van der Waals surface area contributed by atoms with Gasteiger partial charge in [-0.2, -0.15) is 4.98 Å². The lowest BCUT2D eigenvalue weighted by Gasteiger charge is -1.95. The number of hydrogen-bond acceptors (Lipinski definition) is 4. The van der Waals surface area contributed by atoms with Crippen molar-refractivity contribution in [2.24, 2.45) is 0 Å². The van der Waals surface area contributed by atoms with Gasteiger partial charge in [0.2, 0.25) is 5.89 Å². The van der Waals surface area contributed by atoms with Crippen LogP contribution in [0.2, 0.25) is 0 Å². The van der Waals surface area contributed by atoms with E-state index in [0.717, 1.165) is 5.56 Å². The van der Waals surface area contributed by atoms with Crippen molar-refractivity contribution in [3.63, 3.8) is 0 Å². The molecule has 0 bridgehead atoms. The van der Waals surface area contributed by atoms with E-state index < -0.39 is 0 Å². The van der Waals surface area contributed by atoms with E-state index in [-0.39, 0.29) is 18.2 Å². The van der Waals surface area contributed by atoms with Crippen LogP contribution in [0.3, 0.4) is 0 Å². The maximum absolute atomic E-state index is 12.6. The monoisotopic (exact) mass is 208 g/mol. The van der Waals surface area contributed by atoms with Crippen LogP contribution >= 0.6 is 0 Å². The third-order valence-corrected chi connectivity index (χ3v) is 1.92. The average Bonchev–Trinajstić information content (AvgIpc) is 2.69. The van der Waals surface area contributed by atoms with Gasteiger partial charge in [0, 0.05) is 0 Å². The minimum atomic E-state index is -0.277. The normalized spacial score (nSPS) is 10.5. The lowest BCUT2D eigenvalue weighted by atomic mass is 10.1. The van der Waals surface area contributed by atoms with Gasteiger partial charge < -0.3 is 9.63 Å². The van der Waals surface area contributed by atoms with Crippen LogP contribution in [-0.4, -0.2) is 15.2 Å². The first-order valence-electron chi connectivity index (χ1n) is 4.44. The highest BCUT2D eigenvalue weighted by molar-refractivity contribution is 5.18. The van der Waals surface area contributed by atoms with Crippen LogP contribution in [0.25, 0.3) is 0 Å². The predicted octanol–water partition coefficient (Wildman–Crippen LogP) is 1.29. The van der Waals surface area contributed by atoms with Gasteiger partial charge >= 0.3 is 0 Å². The quantitative estimate of drug-likeness (QED) is 0.825. The summed E-state index contributed by atoms with van der Waals surface area (Å²) in [5.41, 5.74) is 0.879. The fourth-order valence-corrected chi connectivity index (χ4v) is 1.20. The first-order chi connectivity index (χ1) is 7.28. The molecule has 1 aromatic carbocycles. The fraction of sp³-hybridized carbons (Fsp3) is 0.200. The lowest BCUT2D eigenvalue weighted by Crippen LogP contribution is -1.90. The summed E-state index contributed by atoms with van der Waals surface area (Å²) >= 11 is 0. The fourth-order valence-electron chi connectivity index (χ4n) is 1.20. The number of aromatic nitrogens is 2. The van der Waals surface area contributed by atoms with Crippen LogP contribution < -0.4 is 0 Å². The molecule has 4 nitrogen and oxygen atoms in total. The van der Waals surface area contributed by atoms with Crippen LogP contribution in [-0.2, 0) is 13.0 Å². The average molecular weight is 208 g/mol. The minimum Gasteiger partial charge on any atom is -0.388 e. The van der Waals surface area contributed by atoms with Gasteiger partial charge in [0.05, 0.1) is 6.42 Å². The molecule has 0 saturated heterocycles. The molecule has 0 amide bonds. The second kappa shape index (κ2) is 4.18.